The van der Waals surface area contributed by atoms with Crippen LogP contribution in [-0.2, 0) is 11.2 Å². The topological polar surface area (TPSA) is 84.2 Å². The summed E-state index contributed by atoms with van der Waals surface area (Å²) in [6.07, 6.45) is 1.83. The van der Waals surface area contributed by atoms with Gasteiger partial charge in [-0.15, -0.1) is 10.2 Å². The first-order chi connectivity index (χ1) is 11.8. The van der Waals surface area contributed by atoms with E-state index in [2.05, 4.69) is 26.0 Å². The third-order valence-electron chi connectivity index (χ3n) is 3.65. The molecule has 2 N–H and O–H groups in total. The lowest BCUT2D eigenvalue weighted by atomic mass is 10.2. The Morgan fingerprint density at radius 2 is 1.83 bits per heavy atom. The molecule has 0 radical (unpaired) electrons. The maximum Gasteiger partial charge on any atom is 0.249 e. The number of hydrogen-bond donors (Lipinski definition) is 2. The lowest BCUT2D eigenvalue weighted by molar-refractivity contribution is -0.115. The molecule has 24 heavy (non-hydrogen) atoms. The minimum atomic E-state index is -0.154. The highest BCUT2D eigenvalue weighted by atomic mass is 16.1. The molecule has 0 saturated heterocycles. The van der Waals surface area contributed by atoms with Crippen molar-refractivity contribution in [1.82, 2.24) is 14.8 Å². The maximum absolute atomic E-state index is 12.3. The van der Waals surface area contributed by atoms with Gasteiger partial charge in [0.15, 0.2) is 0 Å². The van der Waals surface area contributed by atoms with E-state index in [1.165, 1.54) is 0 Å². The Morgan fingerprint density at radius 3 is 2.71 bits per heavy atom. The average molecular weight is 318 g/mol. The molecular formula is C17H14N6O. The van der Waals surface area contributed by atoms with Gasteiger partial charge in [0.2, 0.25) is 11.9 Å². The smallest absolute Gasteiger partial charge is 0.249 e. The van der Waals surface area contributed by atoms with E-state index in [9.17, 15) is 4.79 Å². The fourth-order valence-electron chi connectivity index (χ4n) is 2.59. The molecule has 0 spiro atoms. The van der Waals surface area contributed by atoms with Crippen molar-refractivity contribution in [2.75, 3.05) is 10.7 Å². The second-order valence-corrected chi connectivity index (χ2v) is 5.30. The van der Waals surface area contributed by atoms with Crippen LogP contribution in [0.2, 0.25) is 0 Å². The molecule has 7 nitrogen and oxygen atoms in total. The molecule has 7 heteroatoms. The summed E-state index contributed by atoms with van der Waals surface area (Å²) < 4.78 is 1.81. The number of fused-ring (bicyclic) bond motifs is 3. The lowest BCUT2D eigenvalue weighted by Gasteiger charge is -2.10. The predicted molar refractivity (Wildman–Crippen MR) is 91.4 cm³/mol. The van der Waals surface area contributed by atoms with Gasteiger partial charge in [-0.3, -0.25) is 9.36 Å². The first-order valence-corrected chi connectivity index (χ1v) is 7.49. The van der Waals surface area contributed by atoms with Gasteiger partial charge in [0.25, 0.3) is 0 Å². The number of hydrazone groups is 1. The zero-order chi connectivity index (χ0) is 16.4. The molecule has 1 aromatic heterocycles. The Bertz CT molecular complexity index is 916. The highest BCUT2D eigenvalue weighted by Crippen LogP contribution is 2.22. The number of carbonyl (C=O) groups is 1. The fourth-order valence-corrected chi connectivity index (χ4v) is 2.59. The Hall–Kier alpha value is -3.48. The van der Waals surface area contributed by atoms with Crippen LogP contribution in [0.5, 0.6) is 0 Å². The Kier molecular flexibility index (Phi) is 3.51. The summed E-state index contributed by atoms with van der Waals surface area (Å²) in [5.41, 5.74) is 5.40. The average Bonchev–Trinajstić information content (AvgIpc) is 2.88. The summed E-state index contributed by atoms with van der Waals surface area (Å²) in [6, 6.07) is 17.1. The number of aromatic nitrogens is 3. The normalized spacial score (nSPS) is 11.8. The zero-order valence-corrected chi connectivity index (χ0v) is 12.7. The van der Waals surface area contributed by atoms with Gasteiger partial charge >= 0.3 is 0 Å². The van der Waals surface area contributed by atoms with Crippen LogP contribution in [0.1, 0.15) is 11.4 Å². The molecule has 0 bridgehead atoms. The molecule has 0 atom stereocenters. The van der Waals surface area contributed by atoms with Crippen LogP contribution >= 0.6 is 0 Å². The first kappa shape index (κ1) is 14.1. The Morgan fingerprint density at radius 1 is 1.04 bits per heavy atom. The van der Waals surface area contributed by atoms with E-state index in [1.54, 1.807) is 6.21 Å². The number of anilines is 2. The fraction of sp³-hybridized carbons (Fsp3) is 0.0588. The number of benzene rings is 2. The summed E-state index contributed by atoms with van der Waals surface area (Å²) >= 11 is 0. The summed E-state index contributed by atoms with van der Waals surface area (Å²) in [5.74, 6) is 0.877. The van der Waals surface area contributed by atoms with Gasteiger partial charge in [0, 0.05) is 11.3 Å². The number of amides is 1. The van der Waals surface area contributed by atoms with Crippen LogP contribution in [0.4, 0.5) is 11.6 Å². The standard InChI is InChI=1S/C17H14N6O/c24-16(19-13-7-2-1-3-8-13)10-15-20-22-17-21-18-11-12-6-4-5-9-14(12)23(15)17/h1-9,11H,10H2,(H,19,24)(H,21,22). The minimum absolute atomic E-state index is 0.109. The summed E-state index contributed by atoms with van der Waals surface area (Å²) in [7, 11) is 0. The highest BCUT2D eigenvalue weighted by molar-refractivity contribution is 5.92. The quantitative estimate of drug-likeness (QED) is 0.775. The van der Waals surface area contributed by atoms with E-state index in [0.29, 0.717) is 11.8 Å². The van der Waals surface area contributed by atoms with E-state index in [1.807, 2.05) is 59.2 Å². The molecule has 118 valence electrons. The molecule has 3 aromatic rings. The highest BCUT2D eigenvalue weighted by Gasteiger charge is 2.19. The largest absolute Gasteiger partial charge is 0.326 e. The number of nitrogens with zero attached hydrogens (tertiary/aromatic N) is 4. The number of rotatable bonds is 3. The van der Waals surface area contributed by atoms with Gasteiger partial charge in [-0.25, -0.2) is 5.43 Å². The van der Waals surface area contributed by atoms with Crippen molar-refractivity contribution in [3.63, 3.8) is 0 Å². The number of nitrogens with one attached hydrogen (secondary N) is 2. The van der Waals surface area contributed by atoms with Gasteiger partial charge in [-0.2, -0.15) is 5.10 Å². The van der Waals surface area contributed by atoms with E-state index in [-0.39, 0.29) is 12.3 Å². The molecule has 0 unspecified atom stereocenters. The summed E-state index contributed by atoms with van der Waals surface area (Å²) in [6.45, 7) is 0. The maximum atomic E-state index is 12.3. The molecule has 1 aliphatic heterocycles. The molecule has 1 amide bonds. The van der Waals surface area contributed by atoms with Crippen LogP contribution in [0.25, 0.3) is 5.69 Å². The van der Waals surface area contributed by atoms with Crippen molar-refractivity contribution in [2.45, 2.75) is 6.42 Å². The first-order valence-electron chi connectivity index (χ1n) is 7.49. The van der Waals surface area contributed by atoms with Crippen molar-refractivity contribution >= 4 is 23.8 Å². The minimum Gasteiger partial charge on any atom is -0.326 e. The van der Waals surface area contributed by atoms with Crippen LogP contribution in [0, 0.1) is 0 Å². The Balaban J connectivity index is 1.64. The van der Waals surface area contributed by atoms with Gasteiger partial charge in [-0.05, 0) is 18.2 Å². The van der Waals surface area contributed by atoms with E-state index in [4.69, 9.17) is 0 Å². The number of carbonyl (C=O) groups excluding carboxylic acids is 1. The van der Waals surface area contributed by atoms with Crippen molar-refractivity contribution in [3.05, 3.63) is 66.0 Å². The Labute approximate surface area is 138 Å². The molecule has 1 aliphatic rings. The van der Waals surface area contributed by atoms with Crippen LogP contribution in [0.3, 0.4) is 0 Å². The molecule has 2 heterocycles. The summed E-state index contributed by atoms with van der Waals surface area (Å²) in [4.78, 5) is 12.3. The third kappa shape index (κ3) is 2.63. The number of para-hydroxylation sites is 2. The monoisotopic (exact) mass is 318 g/mol. The van der Waals surface area contributed by atoms with E-state index >= 15 is 0 Å². The van der Waals surface area contributed by atoms with Gasteiger partial charge in [0.05, 0.1) is 18.3 Å². The van der Waals surface area contributed by atoms with E-state index < -0.39 is 0 Å². The van der Waals surface area contributed by atoms with Gasteiger partial charge < -0.3 is 5.32 Å². The summed E-state index contributed by atoms with van der Waals surface area (Å²) in [5, 5.41) is 15.2. The van der Waals surface area contributed by atoms with Crippen molar-refractivity contribution in [3.8, 4) is 5.69 Å². The molecular weight excluding hydrogens is 304 g/mol. The lowest BCUT2D eigenvalue weighted by Crippen LogP contribution is -2.17. The second-order valence-electron chi connectivity index (χ2n) is 5.30. The SMILES string of the molecule is O=C(Cc1nnc2n1-c1ccccc1C=NN2)Nc1ccccc1. The predicted octanol–water partition coefficient (Wildman–Crippen LogP) is 2.21. The van der Waals surface area contributed by atoms with Crippen LogP contribution in [0.15, 0.2) is 59.7 Å². The van der Waals surface area contributed by atoms with Gasteiger partial charge in [0.1, 0.15) is 5.82 Å². The third-order valence-corrected chi connectivity index (χ3v) is 3.65. The van der Waals surface area contributed by atoms with Gasteiger partial charge in [-0.1, -0.05) is 36.4 Å². The number of hydrogen-bond acceptors (Lipinski definition) is 5. The molecule has 0 saturated carbocycles. The molecule has 2 aromatic carbocycles. The molecule has 0 fully saturated rings. The van der Waals surface area contributed by atoms with Crippen molar-refractivity contribution in [2.24, 2.45) is 5.10 Å². The van der Waals surface area contributed by atoms with Crippen LogP contribution in [-0.4, -0.2) is 26.9 Å². The van der Waals surface area contributed by atoms with Crippen molar-refractivity contribution in [1.29, 1.82) is 0 Å². The second kappa shape index (κ2) is 5.96. The van der Waals surface area contributed by atoms with E-state index in [0.717, 1.165) is 16.9 Å². The molecule has 4 rings (SSSR count). The van der Waals surface area contributed by atoms with Crippen molar-refractivity contribution < 1.29 is 4.79 Å². The van der Waals surface area contributed by atoms with Crippen LogP contribution < -0.4 is 10.7 Å². The molecule has 0 aliphatic carbocycles. The zero-order valence-electron chi connectivity index (χ0n) is 12.7.